The van der Waals surface area contributed by atoms with Crippen molar-refractivity contribution in [2.24, 2.45) is 17.2 Å². The molecule has 3 amide bonds. The summed E-state index contributed by atoms with van der Waals surface area (Å²) in [6.45, 7) is 0. The van der Waals surface area contributed by atoms with Gasteiger partial charge in [-0.05, 0) is 29.9 Å². The lowest BCUT2D eigenvalue weighted by Crippen LogP contribution is -2.23. The average Bonchev–Trinajstić information content (AvgIpc) is 2.28. The lowest BCUT2D eigenvalue weighted by Gasteiger charge is -2.11. The highest BCUT2D eigenvalue weighted by molar-refractivity contribution is 7.80. The van der Waals surface area contributed by atoms with Crippen LogP contribution in [-0.4, -0.2) is 23.5 Å². The minimum absolute atomic E-state index is 0.0144. The maximum Gasteiger partial charge on any atom is 0.249 e. The maximum atomic E-state index is 11.3. The van der Waals surface area contributed by atoms with Crippen LogP contribution in [0.5, 0.6) is 0 Å². The molecule has 1 aromatic carbocycles. The first-order chi connectivity index (χ1) is 8.38. The Hall–Kier alpha value is -2.02. The topological polar surface area (TPSA) is 129 Å². The normalized spacial score (nSPS) is 10.1. The number of nitrogens with two attached hydrogens (primary N) is 3. The molecular formula is C11H13N3O3S. The van der Waals surface area contributed by atoms with Crippen LogP contribution >= 0.6 is 12.6 Å². The van der Waals surface area contributed by atoms with Crippen LogP contribution in [0.3, 0.4) is 0 Å². The highest BCUT2D eigenvalue weighted by Crippen LogP contribution is 2.19. The molecule has 0 radical (unpaired) electrons. The average molecular weight is 267 g/mol. The predicted molar refractivity (Wildman–Crippen MR) is 69.6 cm³/mol. The van der Waals surface area contributed by atoms with E-state index in [2.05, 4.69) is 12.6 Å². The molecule has 0 aromatic heterocycles. The number of benzene rings is 1. The molecule has 0 aliphatic rings. The Morgan fingerprint density at radius 1 is 0.944 bits per heavy atom. The maximum absolute atomic E-state index is 11.3. The van der Waals surface area contributed by atoms with E-state index in [0.717, 1.165) is 0 Å². The fraction of sp³-hybridized carbons (Fsp3) is 0.182. The zero-order valence-corrected chi connectivity index (χ0v) is 10.4. The number of amides is 3. The van der Waals surface area contributed by atoms with Gasteiger partial charge in [-0.3, -0.25) is 14.4 Å². The number of carbonyl (C=O) groups excluding carboxylic acids is 3. The summed E-state index contributed by atoms with van der Waals surface area (Å²) in [4.78, 5) is 33.8. The van der Waals surface area contributed by atoms with Gasteiger partial charge in [-0.15, -0.1) is 0 Å². The third-order valence-corrected chi connectivity index (χ3v) is 2.65. The van der Waals surface area contributed by atoms with Crippen molar-refractivity contribution in [1.82, 2.24) is 0 Å². The molecule has 0 bridgehead atoms. The van der Waals surface area contributed by atoms with Crippen molar-refractivity contribution in [2.75, 3.05) is 5.75 Å². The quantitative estimate of drug-likeness (QED) is 0.534. The van der Waals surface area contributed by atoms with Crippen molar-refractivity contribution in [3.05, 3.63) is 34.4 Å². The van der Waals surface area contributed by atoms with Gasteiger partial charge in [0.05, 0.1) is 0 Å². The van der Waals surface area contributed by atoms with E-state index in [-0.39, 0.29) is 16.7 Å². The largest absolute Gasteiger partial charge is 0.366 e. The summed E-state index contributed by atoms with van der Waals surface area (Å²) >= 11 is 4.03. The molecule has 0 fully saturated rings. The molecule has 0 heterocycles. The lowest BCUT2D eigenvalue weighted by molar-refractivity contribution is 0.0998. The number of thiol groups is 1. The number of hydrogen-bond donors (Lipinski definition) is 4. The molecular weight excluding hydrogens is 254 g/mol. The second-order valence-corrected chi connectivity index (χ2v) is 4.06. The summed E-state index contributed by atoms with van der Waals surface area (Å²) in [6.07, 6.45) is 0.332. The fourth-order valence-electron chi connectivity index (χ4n) is 1.64. The van der Waals surface area contributed by atoms with Gasteiger partial charge < -0.3 is 17.2 Å². The molecule has 0 saturated carbocycles. The van der Waals surface area contributed by atoms with Crippen LogP contribution in [0.2, 0.25) is 0 Å². The first kappa shape index (κ1) is 14.0. The molecule has 0 aliphatic carbocycles. The molecule has 0 saturated heterocycles. The number of primary amides is 3. The van der Waals surface area contributed by atoms with E-state index in [1.54, 1.807) is 0 Å². The second kappa shape index (κ2) is 5.54. The van der Waals surface area contributed by atoms with E-state index in [1.807, 2.05) is 0 Å². The molecule has 96 valence electrons. The van der Waals surface area contributed by atoms with Crippen molar-refractivity contribution < 1.29 is 14.4 Å². The standard InChI is InChI=1S/C11H13N3O3S/c12-9(15)5-3-7(10(13)16)6(1-2-18)8(4-5)11(14)17/h3-4,18H,1-2H2,(H2,12,15)(H2,13,16)(H2,14,17). The van der Waals surface area contributed by atoms with Crippen LogP contribution in [0, 0.1) is 0 Å². The first-order valence-corrected chi connectivity index (χ1v) is 5.69. The van der Waals surface area contributed by atoms with Gasteiger partial charge in [0.1, 0.15) is 0 Å². The third kappa shape index (κ3) is 2.80. The van der Waals surface area contributed by atoms with Crippen LogP contribution in [-0.2, 0) is 6.42 Å². The Morgan fingerprint density at radius 3 is 1.67 bits per heavy atom. The highest BCUT2D eigenvalue weighted by atomic mass is 32.1. The number of rotatable bonds is 5. The van der Waals surface area contributed by atoms with Crippen LogP contribution in [0.1, 0.15) is 36.6 Å². The summed E-state index contributed by atoms with van der Waals surface area (Å²) in [5.74, 6) is -1.87. The van der Waals surface area contributed by atoms with Crippen molar-refractivity contribution in [1.29, 1.82) is 0 Å². The SMILES string of the molecule is NC(=O)c1cc(C(N)=O)c(CCS)c(C(N)=O)c1. The minimum atomic E-state index is -0.766. The zero-order valence-electron chi connectivity index (χ0n) is 9.47. The van der Waals surface area contributed by atoms with Crippen molar-refractivity contribution in [3.8, 4) is 0 Å². The van der Waals surface area contributed by atoms with E-state index in [1.165, 1.54) is 12.1 Å². The van der Waals surface area contributed by atoms with Crippen LogP contribution in [0.25, 0.3) is 0 Å². The summed E-state index contributed by atoms with van der Waals surface area (Å²) < 4.78 is 0. The second-order valence-electron chi connectivity index (χ2n) is 3.62. The molecule has 1 rings (SSSR count). The van der Waals surface area contributed by atoms with Gasteiger partial charge in [0.15, 0.2) is 0 Å². The van der Waals surface area contributed by atoms with Gasteiger partial charge in [-0.25, -0.2) is 0 Å². The van der Waals surface area contributed by atoms with Gasteiger partial charge in [0, 0.05) is 16.7 Å². The molecule has 7 heteroatoms. The van der Waals surface area contributed by atoms with E-state index >= 15 is 0 Å². The summed E-state index contributed by atoms with van der Waals surface area (Å²) in [5, 5.41) is 0. The minimum Gasteiger partial charge on any atom is -0.366 e. The Morgan fingerprint density at radius 2 is 1.39 bits per heavy atom. The van der Waals surface area contributed by atoms with Crippen molar-refractivity contribution >= 4 is 30.4 Å². The smallest absolute Gasteiger partial charge is 0.249 e. The zero-order chi connectivity index (χ0) is 13.9. The monoisotopic (exact) mass is 267 g/mol. The molecule has 0 atom stereocenters. The van der Waals surface area contributed by atoms with Crippen LogP contribution in [0.4, 0.5) is 0 Å². The van der Waals surface area contributed by atoms with Crippen molar-refractivity contribution in [2.45, 2.75) is 6.42 Å². The van der Waals surface area contributed by atoms with Crippen molar-refractivity contribution in [3.63, 3.8) is 0 Å². The molecule has 1 aromatic rings. The Balaban J connectivity index is 3.59. The summed E-state index contributed by atoms with van der Waals surface area (Å²) in [7, 11) is 0. The fourth-order valence-corrected chi connectivity index (χ4v) is 1.86. The van der Waals surface area contributed by atoms with Gasteiger partial charge in [-0.1, -0.05) is 0 Å². The summed E-state index contributed by atoms with van der Waals surface area (Å²) in [5.41, 5.74) is 16.1. The highest BCUT2D eigenvalue weighted by Gasteiger charge is 2.19. The Labute approximate surface area is 109 Å². The van der Waals surface area contributed by atoms with Gasteiger partial charge in [0.2, 0.25) is 17.7 Å². The molecule has 6 N–H and O–H groups in total. The molecule has 0 spiro atoms. The lowest BCUT2D eigenvalue weighted by atomic mass is 9.94. The molecule has 18 heavy (non-hydrogen) atoms. The Kier molecular flexibility index (Phi) is 4.33. The third-order valence-electron chi connectivity index (χ3n) is 2.43. The molecule has 0 aliphatic heterocycles. The van der Waals surface area contributed by atoms with Gasteiger partial charge >= 0.3 is 0 Å². The summed E-state index contributed by atoms with van der Waals surface area (Å²) in [6, 6.07) is 2.52. The van der Waals surface area contributed by atoms with E-state index < -0.39 is 17.7 Å². The first-order valence-electron chi connectivity index (χ1n) is 5.05. The van der Waals surface area contributed by atoms with E-state index in [9.17, 15) is 14.4 Å². The molecule has 0 unspecified atom stereocenters. The number of carbonyl (C=O) groups is 3. The van der Waals surface area contributed by atoms with E-state index in [0.29, 0.717) is 17.7 Å². The van der Waals surface area contributed by atoms with Gasteiger partial charge in [0.25, 0.3) is 0 Å². The Bertz CT molecular complexity index is 493. The van der Waals surface area contributed by atoms with Crippen LogP contribution < -0.4 is 17.2 Å². The van der Waals surface area contributed by atoms with E-state index in [4.69, 9.17) is 17.2 Å². The molecule has 6 nitrogen and oxygen atoms in total. The van der Waals surface area contributed by atoms with Crippen LogP contribution in [0.15, 0.2) is 12.1 Å². The number of hydrogen-bond acceptors (Lipinski definition) is 4. The van der Waals surface area contributed by atoms with Gasteiger partial charge in [-0.2, -0.15) is 12.6 Å². The predicted octanol–water partition coefficient (Wildman–Crippen LogP) is -0.544.